The van der Waals surface area contributed by atoms with Crippen molar-refractivity contribution in [3.63, 3.8) is 0 Å². The van der Waals surface area contributed by atoms with Crippen molar-refractivity contribution in [1.29, 1.82) is 0 Å². The summed E-state index contributed by atoms with van der Waals surface area (Å²) < 4.78 is 38.0. The highest BCUT2D eigenvalue weighted by Gasteiger charge is 2.11. The van der Waals surface area contributed by atoms with Crippen LogP contribution in [0.1, 0.15) is 9.67 Å². The van der Waals surface area contributed by atoms with E-state index in [1.165, 1.54) is 29.5 Å². The van der Waals surface area contributed by atoms with Crippen molar-refractivity contribution < 1.29 is 17.6 Å². The molecule has 26 heavy (non-hydrogen) atoms. The SMILES string of the molecule is CS(=O)(=O)Nc1cccc(NC(=O)c2cc(-c3ccc(F)cc3)cs2)c1. The first kappa shape index (κ1) is 18.1. The van der Waals surface area contributed by atoms with Gasteiger partial charge in [0.05, 0.1) is 16.8 Å². The first-order chi connectivity index (χ1) is 12.3. The van der Waals surface area contributed by atoms with Gasteiger partial charge in [0.1, 0.15) is 5.82 Å². The first-order valence-corrected chi connectivity index (χ1v) is 10.3. The molecule has 0 saturated carbocycles. The summed E-state index contributed by atoms with van der Waals surface area (Å²) in [5.74, 6) is -0.621. The molecule has 0 spiro atoms. The second-order valence-electron chi connectivity index (χ2n) is 5.62. The topological polar surface area (TPSA) is 75.3 Å². The minimum atomic E-state index is -3.39. The molecule has 2 aromatic carbocycles. The Bertz CT molecular complexity index is 1040. The van der Waals surface area contributed by atoms with E-state index in [0.717, 1.165) is 17.4 Å². The minimum absolute atomic E-state index is 0.306. The fourth-order valence-electron chi connectivity index (χ4n) is 2.32. The minimum Gasteiger partial charge on any atom is -0.321 e. The van der Waals surface area contributed by atoms with Crippen LogP contribution in [0, 0.1) is 5.82 Å². The summed E-state index contributed by atoms with van der Waals surface area (Å²) in [4.78, 5) is 12.9. The molecular formula is C18H15FN2O3S2. The van der Waals surface area contributed by atoms with Crippen molar-refractivity contribution in [3.05, 3.63) is 70.7 Å². The number of rotatable bonds is 5. The average Bonchev–Trinajstić information content (AvgIpc) is 3.04. The number of carbonyl (C=O) groups is 1. The van der Waals surface area contributed by atoms with Gasteiger partial charge in [0.25, 0.3) is 5.91 Å². The quantitative estimate of drug-likeness (QED) is 0.686. The second kappa shape index (κ2) is 7.27. The fraction of sp³-hybridized carbons (Fsp3) is 0.0556. The Balaban J connectivity index is 1.75. The molecule has 0 aliphatic carbocycles. The highest BCUT2D eigenvalue weighted by atomic mass is 32.2. The van der Waals surface area contributed by atoms with Crippen molar-refractivity contribution >= 4 is 38.6 Å². The predicted molar refractivity (Wildman–Crippen MR) is 103 cm³/mol. The number of benzene rings is 2. The summed E-state index contributed by atoms with van der Waals surface area (Å²) in [6.07, 6.45) is 1.06. The zero-order valence-electron chi connectivity index (χ0n) is 13.7. The predicted octanol–water partition coefficient (Wildman–Crippen LogP) is 4.18. The van der Waals surface area contributed by atoms with Crippen LogP contribution in [0.2, 0.25) is 0 Å². The zero-order chi connectivity index (χ0) is 18.7. The van der Waals surface area contributed by atoms with Gasteiger partial charge < -0.3 is 5.32 Å². The van der Waals surface area contributed by atoms with E-state index < -0.39 is 10.0 Å². The summed E-state index contributed by atoms with van der Waals surface area (Å²) >= 11 is 1.27. The van der Waals surface area contributed by atoms with Crippen LogP contribution in [0.5, 0.6) is 0 Å². The molecule has 0 saturated heterocycles. The number of anilines is 2. The van der Waals surface area contributed by atoms with E-state index in [-0.39, 0.29) is 11.7 Å². The Morgan fingerprint density at radius 1 is 1.00 bits per heavy atom. The van der Waals surface area contributed by atoms with Crippen molar-refractivity contribution in [1.82, 2.24) is 0 Å². The lowest BCUT2D eigenvalue weighted by atomic mass is 10.1. The Kier molecular flexibility index (Phi) is 5.06. The highest BCUT2D eigenvalue weighted by Crippen LogP contribution is 2.27. The lowest BCUT2D eigenvalue weighted by Crippen LogP contribution is -2.12. The van der Waals surface area contributed by atoms with Crippen molar-refractivity contribution in [2.75, 3.05) is 16.3 Å². The molecule has 1 aromatic heterocycles. The van der Waals surface area contributed by atoms with Gasteiger partial charge in [0.15, 0.2) is 0 Å². The molecule has 134 valence electrons. The molecule has 2 N–H and O–H groups in total. The molecule has 3 rings (SSSR count). The van der Waals surface area contributed by atoms with Crippen LogP contribution in [0.3, 0.4) is 0 Å². The van der Waals surface area contributed by atoms with Gasteiger partial charge in [-0.25, -0.2) is 12.8 Å². The van der Waals surface area contributed by atoms with Gasteiger partial charge in [0.2, 0.25) is 10.0 Å². The third-order valence-electron chi connectivity index (χ3n) is 3.42. The van der Waals surface area contributed by atoms with Gasteiger partial charge in [-0.1, -0.05) is 18.2 Å². The number of hydrogen-bond donors (Lipinski definition) is 2. The first-order valence-electron chi connectivity index (χ1n) is 7.54. The lowest BCUT2D eigenvalue weighted by Gasteiger charge is -2.07. The molecular weight excluding hydrogens is 375 g/mol. The fourth-order valence-corrected chi connectivity index (χ4v) is 3.68. The van der Waals surface area contributed by atoms with Crippen LogP contribution < -0.4 is 10.0 Å². The molecule has 0 aliphatic heterocycles. The molecule has 0 unspecified atom stereocenters. The van der Waals surface area contributed by atoms with Gasteiger partial charge in [0, 0.05) is 5.69 Å². The summed E-state index contributed by atoms with van der Waals surface area (Å²) in [5, 5.41) is 4.56. The number of nitrogens with one attached hydrogen (secondary N) is 2. The maximum Gasteiger partial charge on any atom is 0.265 e. The molecule has 1 amide bonds. The monoisotopic (exact) mass is 390 g/mol. The number of sulfonamides is 1. The Hall–Kier alpha value is -2.71. The molecule has 3 aromatic rings. The van der Waals surface area contributed by atoms with Crippen LogP contribution in [0.4, 0.5) is 15.8 Å². The Morgan fingerprint density at radius 3 is 2.38 bits per heavy atom. The molecule has 0 fully saturated rings. The van der Waals surface area contributed by atoms with Crippen LogP contribution >= 0.6 is 11.3 Å². The molecule has 5 nitrogen and oxygen atoms in total. The smallest absolute Gasteiger partial charge is 0.265 e. The number of thiophene rings is 1. The van der Waals surface area contributed by atoms with E-state index >= 15 is 0 Å². The summed E-state index contributed by atoms with van der Waals surface area (Å²) in [6, 6.07) is 14.2. The third-order valence-corrected chi connectivity index (χ3v) is 4.96. The molecule has 0 bridgehead atoms. The number of halogens is 1. The van der Waals surface area contributed by atoms with Gasteiger partial charge in [-0.2, -0.15) is 0 Å². The van der Waals surface area contributed by atoms with Crippen molar-refractivity contribution in [3.8, 4) is 11.1 Å². The standard InChI is InChI=1S/C18H15FN2O3S2/c1-26(23,24)21-16-4-2-3-15(10-16)20-18(22)17-9-13(11-25-17)12-5-7-14(19)8-6-12/h2-11,21H,1H3,(H,20,22). The van der Waals surface area contributed by atoms with Crippen molar-refractivity contribution in [2.24, 2.45) is 0 Å². The maximum atomic E-state index is 13.0. The Labute approximate surface area is 154 Å². The third kappa shape index (κ3) is 4.68. The van der Waals surface area contributed by atoms with Crippen LogP contribution in [0.15, 0.2) is 60.0 Å². The van der Waals surface area contributed by atoms with Crippen molar-refractivity contribution in [2.45, 2.75) is 0 Å². The van der Waals surface area contributed by atoms with Crippen LogP contribution in [-0.2, 0) is 10.0 Å². The van der Waals surface area contributed by atoms with E-state index in [1.807, 2.05) is 5.38 Å². The Morgan fingerprint density at radius 2 is 1.69 bits per heavy atom. The molecule has 0 aliphatic rings. The zero-order valence-corrected chi connectivity index (χ0v) is 15.3. The van der Waals surface area contributed by atoms with E-state index in [0.29, 0.717) is 16.3 Å². The molecule has 0 atom stereocenters. The van der Waals surface area contributed by atoms with E-state index in [1.54, 1.807) is 36.4 Å². The van der Waals surface area contributed by atoms with Gasteiger partial charge in [-0.3, -0.25) is 9.52 Å². The lowest BCUT2D eigenvalue weighted by molar-refractivity contribution is 0.103. The summed E-state index contributed by atoms with van der Waals surface area (Å²) in [5.41, 5.74) is 2.48. The van der Waals surface area contributed by atoms with Crippen LogP contribution in [0.25, 0.3) is 11.1 Å². The normalized spacial score (nSPS) is 11.2. The van der Waals surface area contributed by atoms with Gasteiger partial charge in [-0.15, -0.1) is 11.3 Å². The van der Waals surface area contributed by atoms with E-state index in [4.69, 9.17) is 0 Å². The molecule has 8 heteroatoms. The van der Waals surface area contributed by atoms with E-state index in [9.17, 15) is 17.6 Å². The average molecular weight is 390 g/mol. The number of carbonyl (C=O) groups excluding carboxylic acids is 1. The number of amides is 1. The number of hydrogen-bond acceptors (Lipinski definition) is 4. The second-order valence-corrected chi connectivity index (χ2v) is 8.28. The van der Waals surface area contributed by atoms with Gasteiger partial charge in [-0.05, 0) is 52.9 Å². The maximum absolute atomic E-state index is 13.0. The van der Waals surface area contributed by atoms with Crippen LogP contribution in [-0.4, -0.2) is 20.6 Å². The largest absolute Gasteiger partial charge is 0.321 e. The molecule has 1 heterocycles. The van der Waals surface area contributed by atoms with E-state index in [2.05, 4.69) is 10.0 Å². The summed E-state index contributed by atoms with van der Waals surface area (Å²) in [6.45, 7) is 0. The summed E-state index contributed by atoms with van der Waals surface area (Å²) in [7, 11) is -3.39. The van der Waals surface area contributed by atoms with Gasteiger partial charge >= 0.3 is 0 Å². The highest BCUT2D eigenvalue weighted by molar-refractivity contribution is 7.92. The molecule has 0 radical (unpaired) electrons.